The Hall–Kier alpha value is -2.98. The maximum atomic E-state index is 13.3. The van der Waals surface area contributed by atoms with Crippen molar-refractivity contribution >= 4 is 27.3 Å². The molecule has 1 amide bonds. The maximum absolute atomic E-state index is 13.3. The minimum absolute atomic E-state index is 0.0392. The van der Waals surface area contributed by atoms with Crippen LogP contribution in [0.25, 0.3) is 0 Å². The van der Waals surface area contributed by atoms with Crippen molar-refractivity contribution in [3.8, 4) is 0 Å². The maximum Gasteiger partial charge on any atom is 0.269 e. The molecule has 1 N–H and O–H groups in total. The average molecular weight is 475 g/mol. The van der Waals surface area contributed by atoms with Gasteiger partial charge in [0.15, 0.2) is 0 Å². The third-order valence-corrected chi connectivity index (χ3v) is 7.43. The van der Waals surface area contributed by atoms with Gasteiger partial charge < -0.3 is 10.2 Å². The Morgan fingerprint density at radius 2 is 1.64 bits per heavy atom. The predicted molar refractivity (Wildman–Crippen MR) is 127 cm³/mol. The Labute approximate surface area is 194 Å². The lowest BCUT2D eigenvalue weighted by atomic mass is 10.2. The molecule has 2 aromatic rings. The molecule has 178 valence electrons. The van der Waals surface area contributed by atoms with E-state index in [0.29, 0.717) is 6.54 Å². The highest BCUT2D eigenvalue weighted by molar-refractivity contribution is 7.92. The minimum Gasteiger partial charge on any atom is -0.354 e. The molecule has 10 heteroatoms. The Balaban J connectivity index is 1.67. The summed E-state index contributed by atoms with van der Waals surface area (Å²) in [6, 6.07) is 12.9. The van der Waals surface area contributed by atoms with Crippen LogP contribution in [0.5, 0.6) is 0 Å². The van der Waals surface area contributed by atoms with Gasteiger partial charge in [0.25, 0.3) is 15.7 Å². The highest BCUT2D eigenvalue weighted by Crippen LogP contribution is 2.25. The number of rotatable bonds is 10. The number of benzene rings is 2. The average Bonchev–Trinajstić information content (AvgIpc) is 3.10. The second-order valence-corrected chi connectivity index (χ2v) is 9.92. The van der Waals surface area contributed by atoms with E-state index in [1.54, 1.807) is 18.2 Å². The number of nitrogens with zero attached hydrogens (tertiary/aromatic N) is 3. The van der Waals surface area contributed by atoms with Crippen molar-refractivity contribution in [2.24, 2.45) is 0 Å². The van der Waals surface area contributed by atoms with Gasteiger partial charge in [-0.3, -0.25) is 19.2 Å². The van der Waals surface area contributed by atoms with Crippen LogP contribution < -0.4 is 9.62 Å². The molecular weight excluding hydrogens is 444 g/mol. The van der Waals surface area contributed by atoms with Gasteiger partial charge in [-0.1, -0.05) is 31.0 Å². The normalized spacial score (nSPS) is 14.9. The zero-order chi connectivity index (χ0) is 23.7. The number of nitrogens with one attached hydrogen (secondary N) is 1. The van der Waals surface area contributed by atoms with Crippen LogP contribution in [0.4, 0.5) is 11.4 Å². The summed E-state index contributed by atoms with van der Waals surface area (Å²) in [5, 5.41) is 13.8. The molecule has 33 heavy (non-hydrogen) atoms. The molecule has 0 atom stereocenters. The number of sulfonamides is 1. The van der Waals surface area contributed by atoms with Crippen LogP contribution >= 0.6 is 0 Å². The number of hydrogen-bond acceptors (Lipinski definition) is 6. The molecule has 1 fully saturated rings. The first-order chi connectivity index (χ1) is 15.9. The lowest BCUT2D eigenvalue weighted by Crippen LogP contribution is -2.41. The molecule has 1 aliphatic heterocycles. The fourth-order valence-electron chi connectivity index (χ4n) is 3.85. The minimum atomic E-state index is -4.04. The topological polar surface area (TPSA) is 113 Å². The summed E-state index contributed by atoms with van der Waals surface area (Å²) in [6.07, 6.45) is 5.72. The van der Waals surface area contributed by atoms with Crippen molar-refractivity contribution < 1.29 is 18.1 Å². The van der Waals surface area contributed by atoms with E-state index in [-0.39, 0.29) is 16.3 Å². The predicted octanol–water partition coefficient (Wildman–Crippen LogP) is 3.17. The van der Waals surface area contributed by atoms with Crippen molar-refractivity contribution in [2.75, 3.05) is 37.0 Å². The molecule has 1 heterocycles. The van der Waals surface area contributed by atoms with Gasteiger partial charge in [0.05, 0.1) is 15.5 Å². The standard InChI is InChI=1S/C23H30N4O5S/c28-23(24-15-8-18-25-16-6-1-2-7-17-25)19-26(20-11-13-21(14-12-20)27(29)30)33(31,32)22-9-4-3-5-10-22/h3-5,9-14H,1-2,6-8,15-19H2,(H,24,28). The summed E-state index contributed by atoms with van der Waals surface area (Å²) in [4.78, 5) is 25.5. The highest BCUT2D eigenvalue weighted by Gasteiger charge is 2.27. The second kappa shape index (κ2) is 11.8. The van der Waals surface area contributed by atoms with E-state index in [1.807, 2.05) is 0 Å². The molecule has 9 nitrogen and oxygen atoms in total. The van der Waals surface area contributed by atoms with Crippen LogP contribution in [0, 0.1) is 10.1 Å². The Morgan fingerprint density at radius 3 is 2.24 bits per heavy atom. The number of likely N-dealkylation sites (tertiary alicyclic amines) is 1. The molecule has 0 bridgehead atoms. The van der Waals surface area contributed by atoms with Gasteiger partial charge in [0.1, 0.15) is 6.54 Å². The lowest BCUT2D eigenvalue weighted by molar-refractivity contribution is -0.384. The first kappa shape index (κ1) is 24.7. The molecule has 0 radical (unpaired) electrons. The Kier molecular flexibility index (Phi) is 8.79. The van der Waals surface area contributed by atoms with Crippen LogP contribution in [0.2, 0.25) is 0 Å². The summed E-state index contributed by atoms with van der Waals surface area (Å²) < 4.78 is 27.5. The van der Waals surface area contributed by atoms with Crippen LogP contribution in [0.15, 0.2) is 59.5 Å². The fourth-order valence-corrected chi connectivity index (χ4v) is 5.29. The van der Waals surface area contributed by atoms with Crippen LogP contribution in [0.3, 0.4) is 0 Å². The van der Waals surface area contributed by atoms with E-state index in [0.717, 1.165) is 30.4 Å². The number of amides is 1. The Bertz CT molecular complexity index is 1020. The largest absolute Gasteiger partial charge is 0.354 e. The molecular formula is C23H30N4O5S. The quantitative estimate of drug-likeness (QED) is 0.321. The van der Waals surface area contributed by atoms with Crippen LogP contribution in [-0.4, -0.2) is 56.9 Å². The fraction of sp³-hybridized carbons (Fsp3) is 0.435. The van der Waals surface area contributed by atoms with Gasteiger partial charge >= 0.3 is 0 Å². The second-order valence-electron chi connectivity index (χ2n) is 8.06. The van der Waals surface area contributed by atoms with E-state index >= 15 is 0 Å². The first-order valence-corrected chi connectivity index (χ1v) is 12.6. The monoisotopic (exact) mass is 474 g/mol. The number of carbonyl (C=O) groups excluding carboxylic acids is 1. The zero-order valence-corrected chi connectivity index (χ0v) is 19.4. The number of nitro benzene ring substituents is 1. The van der Waals surface area contributed by atoms with Gasteiger partial charge in [-0.15, -0.1) is 0 Å². The van der Waals surface area contributed by atoms with E-state index in [9.17, 15) is 23.3 Å². The summed E-state index contributed by atoms with van der Waals surface area (Å²) in [5.74, 6) is -0.427. The number of anilines is 1. The van der Waals surface area contributed by atoms with Crippen LogP contribution in [-0.2, 0) is 14.8 Å². The van der Waals surface area contributed by atoms with E-state index in [4.69, 9.17) is 0 Å². The third kappa shape index (κ3) is 7.00. The molecule has 0 aromatic heterocycles. The number of non-ortho nitro benzene ring substituents is 1. The number of hydrogen-bond donors (Lipinski definition) is 1. The van der Waals surface area contributed by atoms with Crippen molar-refractivity contribution in [3.05, 3.63) is 64.7 Å². The van der Waals surface area contributed by atoms with E-state index in [2.05, 4.69) is 10.2 Å². The highest BCUT2D eigenvalue weighted by atomic mass is 32.2. The third-order valence-electron chi connectivity index (χ3n) is 5.64. The van der Waals surface area contributed by atoms with Gasteiger partial charge in [0, 0.05) is 18.7 Å². The summed E-state index contributed by atoms with van der Waals surface area (Å²) in [7, 11) is -4.04. The van der Waals surface area contributed by atoms with Gasteiger partial charge in [0.2, 0.25) is 5.91 Å². The number of carbonyl (C=O) groups is 1. The Morgan fingerprint density at radius 1 is 1.00 bits per heavy atom. The molecule has 0 spiro atoms. The van der Waals surface area contributed by atoms with Gasteiger partial charge in [-0.05, 0) is 63.2 Å². The first-order valence-electron chi connectivity index (χ1n) is 11.2. The molecule has 0 saturated carbocycles. The van der Waals surface area contributed by atoms with Crippen molar-refractivity contribution in [2.45, 2.75) is 37.0 Å². The van der Waals surface area contributed by atoms with E-state index in [1.165, 1.54) is 62.1 Å². The van der Waals surface area contributed by atoms with Gasteiger partial charge in [-0.2, -0.15) is 0 Å². The van der Waals surface area contributed by atoms with Crippen molar-refractivity contribution in [3.63, 3.8) is 0 Å². The molecule has 3 rings (SSSR count). The number of nitro groups is 1. The van der Waals surface area contributed by atoms with Gasteiger partial charge in [-0.25, -0.2) is 8.42 Å². The lowest BCUT2D eigenvalue weighted by Gasteiger charge is -2.24. The summed E-state index contributed by atoms with van der Waals surface area (Å²) in [5.41, 5.74) is 0.0259. The molecule has 2 aromatic carbocycles. The smallest absolute Gasteiger partial charge is 0.269 e. The molecule has 0 aliphatic carbocycles. The molecule has 1 saturated heterocycles. The SMILES string of the molecule is O=C(CN(c1ccc([N+](=O)[O-])cc1)S(=O)(=O)c1ccccc1)NCCCN1CCCCCC1. The van der Waals surface area contributed by atoms with Crippen molar-refractivity contribution in [1.29, 1.82) is 0 Å². The van der Waals surface area contributed by atoms with Crippen molar-refractivity contribution in [1.82, 2.24) is 10.2 Å². The van der Waals surface area contributed by atoms with E-state index < -0.39 is 27.4 Å². The summed E-state index contributed by atoms with van der Waals surface area (Å²) >= 11 is 0. The van der Waals surface area contributed by atoms with Crippen LogP contribution in [0.1, 0.15) is 32.1 Å². The molecule has 1 aliphatic rings. The molecule has 0 unspecified atom stereocenters. The summed E-state index contributed by atoms with van der Waals surface area (Å²) in [6.45, 7) is 3.09. The zero-order valence-electron chi connectivity index (χ0n) is 18.6.